The zero-order valence-corrected chi connectivity index (χ0v) is 17.3. The molecule has 8 heteroatoms. The van der Waals surface area contributed by atoms with E-state index in [4.69, 9.17) is 20.2 Å². The van der Waals surface area contributed by atoms with Crippen LogP contribution in [0.1, 0.15) is 31.5 Å². The van der Waals surface area contributed by atoms with Crippen molar-refractivity contribution in [3.05, 3.63) is 60.7 Å². The fourth-order valence-corrected chi connectivity index (χ4v) is 4.14. The predicted octanol–water partition coefficient (Wildman–Crippen LogP) is 3.80. The number of fused-ring (bicyclic) bond motifs is 1. The van der Waals surface area contributed by atoms with Crippen molar-refractivity contribution < 1.29 is 14.6 Å². The van der Waals surface area contributed by atoms with Gasteiger partial charge in [-0.05, 0) is 50.1 Å². The van der Waals surface area contributed by atoms with Gasteiger partial charge in [0.2, 0.25) is 0 Å². The first-order valence-electron chi connectivity index (χ1n) is 10.1. The molecule has 1 aliphatic carbocycles. The Morgan fingerprint density at radius 3 is 2.61 bits per heavy atom. The number of nitrogens with two attached hydrogens (primary N) is 1. The smallest absolute Gasteiger partial charge is 0.169 e. The van der Waals surface area contributed by atoms with Crippen LogP contribution in [0.2, 0.25) is 0 Å². The Morgan fingerprint density at radius 1 is 1.13 bits per heavy atom. The number of hydrogen-bond acceptors (Lipinski definition) is 7. The molecule has 8 nitrogen and oxygen atoms in total. The second-order valence-corrected chi connectivity index (χ2v) is 8.11. The van der Waals surface area contributed by atoms with Crippen LogP contribution in [0.15, 0.2) is 54.9 Å². The predicted molar refractivity (Wildman–Crippen MR) is 116 cm³/mol. The highest BCUT2D eigenvalue weighted by atomic mass is 16.5. The van der Waals surface area contributed by atoms with Gasteiger partial charge in [-0.1, -0.05) is 18.2 Å². The van der Waals surface area contributed by atoms with Crippen LogP contribution in [0.4, 0.5) is 5.82 Å². The van der Waals surface area contributed by atoms with Crippen LogP contribution in [-0.2, 0) is 0 Å². The van der Waals surface area contributed by atoms with Crippen LogP contribution in [-0.4, -0.2) is 37.4 Å². The van der Waals surface area contributed by atoms with Crippen molar-refractivity contribution in [2.24, 2.45) is 0 Å². The van der Waals surface area contributed by atoms with Gasteiger partial charge >= 0.3 is 0 Å². The standard InChI is InChI=1S/C23H23N5O3/c1-23(29)11-15(12-23)22-27-19(20-21(24)25-13-26-28(20)22)14-8-9-17(18(10-14)30-2)31-16-6-4-3-5-7-16/h3-10,13,15,29H,11-12H2,1-2H3,(H2,24,25,26). The number of rotatable bonds is 5. The molecule has 0 radical (unpaired) electrons. The maximum atomic E-state index is 10.2. The van der Waals surface area contributed by atoms with Gasteiger partial charge in [0.25, 0.3) is 0 Å². The van der Waals surface area contributed by atoms with Crippen molar-refractivity contribution in [2.75, 3.05) is 12.8 Å². The van der Waals surface area contributed by atoms with Crippen LogP contribution in [0.25, 0.3) is 16.8 Å². The average molecular weight is 417 g/mol. The molecule has 0 saturated heterocycles. The molecule has 1 aliphatic rings. The van der Waals surface area contributed by atoms with Gasteiger partial charge in [-0.3, -0.25) is 0 Å². The van der Waals surface area contributed by atoms with Gasteiger partial charge in [0.1, 0.15) is 29.1 Å². The first kappa shape index (κ1) is 19.3. The minimum Gasteiger partial charge on any atom is -0.493 e. The first-order chi connectivity index (χ1) is 14.9. The van der Waals surface area contributed by atoms with E-state index in [-0.39, 0.29) is 5.92 Å². The van der Waals surface area contributed by atoms with Crippen molar-refractivity contribution in [1.29, 1.82) is 0 Å². The quantitative estimate of drug-likeness (QED) is 0.508. The molecule has 0 bridgehead atoms. The van der Waals surface area contributed by atoms with E-state index in [1.807, 2.05) is 55.5 Å². The summed E-state index contributed by atoms with van der Waals surface area (Å²) in [5.41, 5.74) is 7.66. The maximum absolute atomic E-state index is 10.2. The molecule has 1 fully saturated rings. The molecule has 0 spiro atoms. The summed E-state index contributed by atoms with van der Waals surface area (Å²) in [6.45, 7) is 1.83. The van der Waals surface area contributed by atoms with E-state index in [1.165, 1.54) is 6.33 Å². The van der Waals surface area contributed by atoms with Gasteiger partial charge in [0.15, 0.2) is 17.3 Å². The molecule has 31 heavy (non-hydrogen) atoms. The summed E-state index contributed by atoms with van der Waals surface area (Å²) in [7, 11) is 1.60. The minimum atomic E-state index is -0.672. The third-order valence-electron chi connectivity index (χ3n) is 5.63. The lowest BCUT2D eigenvalue weighted by atomic mass is 9.72. The number of methoxy groups -OCH3 is 1. The Bertz CT molecular complexity index is 1250. The number of anilines is 1. The van der Waals surface area contributed by atoms with Crippen LogP contribution >= 0.6 is 0 Å². The molecule has 0 aliphatic heterocycles. The Kier molecular flexibility index (Phi) is 4.51. The van der Waals surface area contributed by atoms with Gasteiger partial charge in [0, 0.05) is 11.5 Å². The number of benzene rings is 2. The van der Waals surface area contributed by atoms with E-state index in [1.54, 1.807) is 11.6 Å². The lowest BCUT2D eigenvalue weighted by molar-refractivity contribution is -0.0337. The number of nitrogens with zero attached hydrogens (tertiary/aromatic N) is 4. The van der Waals surface area contributed by atoms with E-state index >= 15 is 0 Å². The summed E-state index contributed by atoms with van der Waals surface area (Å²) in [6, 6.07) is 15.2. The molecular weight excluding hydrogens is 394 g/mol. The van der Waals surface area contributed by atoms with E-state index in [0.29, 0.717) is 41.4 Å². The molecule has 0 atom stereocenters. The third kappa shape index (κ3) is 3.44. The van der Waals surface area contributed by atoms with E-state index < -0.39 is 5.60 Å². The van der Waals surface area contributed by atoms with E-state index in [9.17, 15) is 5.11 Å². The molecule has 5 rings (SSSR count). The normalized spacial score (nSPS) is 20.4. The minimum absolute atomic E-state index is 0.105. The van der Waals surface area contributed by atoms with Crippen LogP contribution in [0, 0.1) is 0 Å². The number of imidazole rings is 1. The summed E-state index contributed by atoms with van der Waals surface area (Å²) in [5.74, 6) is 3.12. The highest BCUT2D eigenvalue weighted by Gasteiger charge is 2.42. The molecule has 2 aromatic carbocycles. The second-order valence-electron chi connectivity index (χ2n) is 8.11. The van der Waals surface area contributed by atoms with Gasteiger partial charge in [0.05, 0.1) is 12.7 Å². The Balaban J connectivity index is 1.58. The number of ether oxygens (including phenoxy) is 2. The van der Waals surface area contributed by atoms with E-state index in [2.05, 4.69) is 10.1 Å². The fraction of sp³-hybridized carbons (Fsp3) is 0.261. The lowest BCUT2D eigenvalue weighted by Gasteiger charge is -2.39. The fourth-order valence-electron chi connectivity index (χ4n) is 4.14. The van der Waals surface area contributed by atoms with Crippen LogP contribution in [0.3, 0.4) is 0 Å². The van der Waals surface area contributed by atoms with Crippen molar-refractivity contribution >= 4 is 11.3 Å². The number of nitrogen functional groups attached to an aromatic ring is 1. The summed E-state index contributed by atoms with van der Waals surface area (Å²) < 4.78 is 13.3. The number of hydrogen-bond donors (Lipinski definition) is 2. The zero-order valence-electron chi connectivity index (χ0n) is 17.3. The molecule has 2 aromatic heterocycles. The zero-order chi connectivity index (χ0) is 21.6. The van der Waals surface area contributed by atoms with Crippen LogP contribution in [0.5, 0.6) is 17.2 Å². The first-order valence-corrected chi connectivity index (χ1v) is 10.1. The average Bonchev–Trinajstić information content (AvgIpc) is 3.14. The molecule has 4 aromatic rings. The number of aromatic nitrogens is 4. The highest BCUT2D eigenvalue weighted by Crippen LogP contribution is 2.45. The maximum Gasteiger partial charge on any atom is 0.169 e. The SMILES string of the molecule is COc1cc(-c2nc(C3CC(C)(O)C3)n3ncnc(N)c23)ccc1Oc1ccccc1. The molecular formula is C23H23N5O3. The Morgan fingerprint density at radius 2 is 1.90 bits per heavy atom. The summed E-state index contributed by atoms with van der Waals surface area (Å²) in [5, 5.41) is 14.6. The summed E-state index contributed by atoms with van der Waals surface area (Å²) >= 11 is 0. The van der Waals surface area contributed by atoms with Gasteiger partial charge in [-0.25, -0.2) is 14.5 Å². The molecule has 1 saturated carbocycles. The molecule has 3 N–H and O–H groups in total. The van der Waals surface area contributed by atoms with Crippen molar-refractivity contribution in [1.82, 2.24) is 19.6 Å². The Labute approximate surface area is 179 Å². The number of para-hydroxylation sites is 1. The van der Waals surface area contributed by atoms with Gasteiger partial charge in [-0.15, -0.1) is 0 Å². The highest BCUT2D eigenvalue weighted by molar-refractivity contribution is 5.85. The molecule has 0 amide bonds. The number of aliphatic hydroxyl groups is 1. The van der Waals surface area contributed by atoms with Crippen molar-refractivity contribution in [3.63, 3.8) is 0 Å². The molecule has 158 valence electrons. The van der Waals surface area contributed by atoms with Crippen molar-refractivity contribution in [3.8, 4) is 28.5 Å². The van der Waals surface area contributed by atoms with Gasteiger partial charge in [-0.2, -0.15) is 5.10 Å². The third-order valence-corrected chi connectivity index (χ3v) is 5.63. The van der Waals surface area contributed by atoms with E-state index in [0.717, 1.165) is 17.1 Å². The topological polar surface area (TPSA) is 108 Å². The monoisotopic (exact) mass is 417 g/mol. The van der Waals surface area contributed by atoms with Crippen LogP contribution < -0.4 is 15.2 Å². The molecule has 2 heterocycles. The van der Waals surface area contributed by atoms with Crippen molar-refractivity contribution in [2.45, 2.75) is 31.3 Å². The largest absolute Gasteiger partial charge is 0.493 e. The molecule has 0 unspecified atom stereocenters. The summed E-state index contributed by atoms with van der Waals surface area (Å²) in [4.78, 5) is 9.03. The van der Waals surface area contributed by atoms with Gasteiger partial charge < -0.3 is 20.3 Å². The summed E-state index contributed by atoms with van der Waals surface area (Å²) in [6.07, 6.45) is 2.68. The second kappa shape index (κ2) is 7.24. The Hall–Kier alpha value is -3.65. The lowest BCUT2D eigenvalue weighted by Crippen LogP contribution is -2.40.